The van der Waals surface area contributed by atoms with Crippen LogP contribution in [0.3, 0.4) is 0 Å². The van der Waals surface area contributed by atoms with Crippen molar-refractivity contribution in [3.05, 3.63) is 48.0 Å². The van der Waals surface area contributed by atoms with E-state index in [0.29, 0.717) is 40.2 Å². The first-order chi connectivity index (χ1) is 17.4. The Morgan fingerprint density at radius 1 is 1.11 bits per heavy atom. The molecule has 0 bridgehead atoms. The van der Waals surface area contributed by atoms with E-state index >= 15 is 0 Å². The number of aromatic nitrogens is 2. The predicted molar refractivity (Wildman–Crippen MR) is 140 cm³/mol. The number of ether oxygens (including phenoxy) is 1. The average Bonchev–Trinajstić information content (AvgIpc) is 3.22. The molecule has 37 heavy (non-hydrogen) atoms. The third-order valence-corrected chi connectivity index (χ3v) is 7.60. The lowest BCUT2D eigenvalue weighted by Crippen LogP contribution is -2.37. The van der Waals surface area contributed by atoms with E-state index in [1.807, 2.05) is 18.2 Å². The molecule has 1 aliphatic rings. The maximum atomic E-state index is 14.0. The number of para-hydroxylation sites is 2. The van der Waals surface area contributed by atoms with Gasteiger partial charge in [0.1, 0.15) is 18.0 Å². The second kappa shape index (κ2) is 10.4. The molecule has 0 aliphatic heterocycles. The lowest BCUT2D eigenvalue weighted by Gasteiger charge is -2.37. The van der Waals surface area contributed by atoms with Crippen LogP contribution in [0.2, 0.25) is 0 Å². The Balaban J connectivity index is 1.76. The van der Waals surface area contributed by atoms with E-state index in [9.17, 15) is 18.0 Å². The Kier molecular flexibility index (Phi) is 7.58. The number of carbonyl (C=O) groups excluding carboxylic acids is 1. The molecule has 1 aliphatic carbocycles. The zero-order chi connectivity index (χ0) is 27.1. The summed E-state index contributed by atoms with van der Waals surface area (Å²) in [5.41, 5.74) is 0.885. The van der Waals surface area contributed by atoms with Gasteiger partial charge in [-0.05, 0) is 67.9 Å². The van der Waals surface area contributed by atoms with Crippen molar-refractivity contribution >= 4 is 22.7 Å². The van der Waals surface area contributed by atoms with Gasteiger partial charge in [0.05, 0.1) is 16.6 Å². The van der Waals surface area contributed by atoms with Gasteiger partial charge in [0.2, 0.25) is 0 Å². The average molecular weight is 516 g/mol. The van der Waals surface area contributed by atoms with Gasteiger partial charge < -0.3 is 14.2 Å². The highest BCUT2D eigenvalue weighted by atomic mass is 19.4. The Hall–Kier alpha value is -3.03. The molecule has 4 atom stereocenters. The highest BCUT2D eigenvalue weighted by Gasteiger charge is 2.37. The third-order valence-electron chi connectivity index (χ3n) is 7.60. The highest BCUT2D eigenvalue weighted by Crippen LogP contribution is 2.40. The van der Waals surface area contributed by atoms with E-state index in [-0.39, 0.29) is 11.8 Å². The van der Waals surface area contributed by atoms with E-state index in [4.69, 9.17) is 4.74 Å². The molecule has 5 nitrogen and oxygen atoms in total. The number of hydrogen-bond donors (Lipinski definition) is 0. The number of fused-ring (bicyclic) bond motifs is 1. The van der Waals surface area contributed by atoms with Crippen LogP contribution in [0, 0.1) is 17.8 Å². The predicted octanol–water partition coefficient (Wildman–Crippen LogP) is 7.35. The molecule has 2 aromatic carbocycles. The fourth-order valence-corrected chi connectivity index (χ4v) is 5.54. The van der Waals surface area contributed by atoms with Crippen LogP contribution in [0.5, 0.6) is 0 Å². The smallest absolute Gasteiger partial charge is 0.418 e. The standard InChI is InChI=1S/C29H36F3N3O2/c1-17(2)21-13-11-18(3)15-26(21)37-28(36)19(4)35-25-10-8-7-9-23(25)33-27(35)20-12-14-24(34(5)6)22(16-20)29(30,31)32/h7-10,12,14,16-19,21,26H,11,13,15H2,1-6H3/t18?,19-,21?,26-/m1/s1. The van der Waals surface area contributed by atoms with Crippen LogP contribution in [0.1, 0.15) is 58.6 Å². The molecular weight excluding hydrogens is 479 g/mol. The SMILES string of the molecule is CC1CCC(C(C)C)[C@H](OC(=O)[C@@H](C)n2c(-c3ccc(N(C)C)c(C(F)(F)F)c3)nc3ccccc32)C1. The number of hydrogen-bond acceptors (Lipinski definition) is 4. The van der Waals surface area contributed by atoms with Gasteiger partial charge in [0.15, 0.2) is 0 Å². The minimum Gasteiger partial charge on any atom is -0.461 e. The van der Waals surface area contributed by atoms with Gasteiger partial charge in [-0.3, -0.25) is 0 Å². The largest absolute Gasteiger partial charge is 0.461 e. The molecule has 0 spiro atoms. The summed E-state index contributed by atoms with van der Waals surface area (Å²) in [5, 5.41) is 0. The van der Waals surface area contributed by atoms with Gasteiger partial charge >= 0.3 is 12.1 Å². The number of alkyl halides is 3. The van der Waals surface area contributed by atoms with Gasteiger partial charge in [0, 0.05) is 25.3 Å². The fourth-order valence-electron chi connectivity index (χ4n) is 5.54. The van der Waals surface area contributed by atoms with E-state index in [0.717, 1.165) is 25.3 Å². The molecule has 0 N–H and O–H groups in total. The first kappa shape index (κ1) is 27.0. The van der Waals surface area contributed by atoms with Gasteiger partial charge in [-0.1, -0.05) is 39.3 Å². The van der Waals surface area contributed by atoms with Crippen molar-refractivity contribution < 1.29 is 22.7 Å². The minimum absolute atomic E-state index is 0.0671. The number of nitrogens with zero attached hydrogens (tertiary/aromatic N) is 3. The Labute approximate surface area is 216 Å². The molecule has 1 aromatic heterocycles. The lowest BCUT2D eigenvalue weighted by molar-refractivity contribution is -0.159. The summed E-state index contributed by atoms with van der Waals surface area (Å²) in [4.78, 5) is 19.6. The number of rotatable bonds is 6. The molecule has 4 rings (SSSR count). The number of imidazole rings is 1. The van der Waals surface area contributed by atoms with E-state index < -0.39 is 23.8 Å². The molecule has 3 aromatic rings. The molecule has 1 saturated carbocycles. The van der Waals surface area contributed by atoms with Crippen molar-refractivity contribution in [1.29, 1.82) is 0 Å². The van der Waals surface area contributed by atoms with Crippen molar-refractivity contribution in [3.8, 4) is 11.4 Å². The molecule has 0 saturated heterocycles. The quantitative estimate of drug-likeness (QED) is 0.322. The van der Waals surface area contributed by atoms with Gasteiger partial charge in [-0.2, -0.15) is 13.2 Å². The lowest BCUT2D eigenvalue weighted by atomic mass is 9.75. The number of anilines is 1. The number of benzene rings is 2. The number of esters is 1. The fraction of sp³-hybridized carbons (Fsp3) is 0.517. The van der Waals surface area contributed by atoms with Crippen molar-refractivity contribution in [3.63, 3.8) is 0 Å². The van der Waals surface area contributed by atoms with E-state index in [2.05, 4.69) is 25.8 Å². The molecule has 1 heterocycles. The van der Waals surface area contributed by atoms with Crippen molar-refractivity contribution in [2.24, 2.45) is 17.8 Å². The Morgan fingerprint density at radius 3 is 2.46 bits per heavy atom. The summed E-state index contributed by atoms with van der Waals surface area (Å²) in [6, 6.07) is 10.7. The van der Waals surface area contributed by atoms with Crippen molar-refractivity contribution in [1.82, 2.24) is 9.55 Å². The summed E-state index contributed by atoms with van der Waals surface area (Å²) >= 11 is 0. The second-order valence-electron chi connectivity index (χ2n) is 10.9. The first-order valence-corrected chi connectivity index (χ1v) is 12.9. The molecule has 0 amide bonds. The minimum atomic E-state index is -4.54. The van der Waals surface area contributed by atoms with Gasteiger partial charge in [-0.15, -0.1) is 0 Å². The Morgan fingerprint density at radius 2 is 1.81 bits per heavy atom. The summed E-state index contributed by atoms with van der Waals surface area (Å²) < 4.78 is 49.7. The second-order valence-corrected chi connectivity index (χ2v) is 10.9. The molecule has 0 radical (unpaired) electrons. The zero-order valence-electron chi connectivity index (χ0n) is 22.3. The molecule has 200 valence electrons. The van der Waals surface area contributed by atoms with Gasteiger partial charge in [-0.25, -0.2) is 9.78 Å². The summed E-state index contributed by atoms with van der Waals surface area (Å²) in [7, 11) is 3.15. The third kappa shape index (κ3) is 5.48. The molecular formula is C29H36F3N3O2. The first-order valence-electron chi connectivity index (χ1n) is 12.9. The van der Waals surface area contributed by atoms with Crippen LogP contribution in [-0.4, -0.2) is 35.7 Å². The van der Waals surface area contributed by atoms with E-state index in [1.54, 1.807) is 37.7 Å². The summed E-state index contributed by atoms with van der Waals surface area (Å²) in [6.45, 7) is 8.22. The molecule has 2 unspecified atom stereocenters. The van der Waals surface area contributed by atoms with E-state index in [1.165, 1.54) is 11.0 Å². The van der Waals surface area contributed by atoms with Crippen LogP contribution in [0.25, 0.3) is 22.4 Å². The number of carbonyl (C=O) groups is 1. The maximum absolute atomic E-state index is 14.0. The van der Waals surface area contributed by atoms with Crippen molar-refractivity contribution in [2.45, 2.75) is 65.3 Å². The van der Waals surface area contributed by atoms with Gasteiger partial charge in [0.25, 0.3) is 0 Å². The van der Waals surface area contributed by atoms with Crippen LogP contribution >= 0.6 is 0 Å². The van der Waals surface area contributed by atoms with Crippen LogP contribution in [0.4, 0.5) is 18.9 Å². The van der Waals surface area contributed by atoms with Crippen LogP contribution in [-0.2, 0) is 15.7 Å². The van der Waals surface area contributed by atoms with Crippen molar-refractivity contribution in [2.75, 3.05) is 19.0 Å². The zero-order valence-corrected chi connectivity index (χ0v) is 22.3. The topological polar surface area (TPSA) is 47.4 Å². The summed E-state index contributed by atoms with van der Waals surface area (Å²) in [5.74, 6) is 1.07. The van der Waals surface area contributed by atoms with Crippen LogP contribution in [0.15, 0.2) is 42.5 Å². The molecule has 8 heteroatoms. The Bertz CT molecular complexity index is 1270. The van der Waals surface area contributed by atoms with Crippen LogP contribution < -0.4 is 4.90 Å². The molecule has 1 fully saturated rings. The highest BCUT2D eigenvalue weighted by molar-refractivity contribution is 5.85. The normalized spacial score (nSPS) is 21.3. The number of halogens is 3. The summed E-state index contributed by atoms with van der Waals surface area (Å²) in [6.07, 6.45) is -1.76. The monoisotopic (exact) mass is 515 g/mol. The maximum Gasteiger partial charge on any atom is 0.418 e.